The van der Waals surface area contributed by atoms with Crippen LogP contribution in [0.3, 0.4) is 0 Å². The number of amides is 1. The Labute approximate surface area is 184 Å². The van der Waals surface area contributed by atoms with Crippen molar-refractivity contribution in [2.45, 2.75) is 39.5 Å². The molecule has 0 aliphatic heterocycles. The molecule has 0 saturated heterocycles. The maximum Gasteiger partial charge on any atom is 0.271 e. The predicted molar refractivity (Wildman–Crippen MR) is 126 cm³/mol. The van der Waals surface area contributed by atoms with Crippen molar-refractivity contribution >= 4 is 22.9 Å². The van der Waals surface area contributed by atoms with Gasteiger partial charge in [0.15, 0.2) is 11.5 Å². The molecule has 0 aromatic heterocycles. The fourth-order valence-corrected chi connectivity index (χ4v) is 3.35. The van der Waals surface area contributed by atoms with E-state index < -0.39 is 0 Å². The summed E-state index contributed by atoms with van der Waals surface area (Å²) < 4.78 is 11.6. The maximum absolute atomic E-state index is 12.6. The molecule has 0 aliphatic carbocycles. The minimum absolute atomic E-state index is 0.245. The average molecular weight is 419 g/mol. The molecule has 0 bridgehead atoms. The highest BCUT2D eigenvalue weighted by Crippen LogP contribution is 2.28. The molecule has 0 atom stereocenters. The van der Waals surface area contributed by atoms with Crippen LogP contribution in [-0.4, -0.2) is 25.3 Å². The van der Waals surface area contributed by atoms with Gasteiger partial charge < -0.3 is 9.47 Å². The Morgan fingerprint density at radius 3 is 2.61 bits per heavy atom. The van der Waals surface area contributed by atoms with Gasteiger partial charge in [-0.1, -0.05) is 62.6 Å². The molecule has 0 radical (unpaired) electrons. The van der Waals surface area contributed by atoms with Gasteiger partial charge in [-0.2, -0.15) is 5.10 Å². The molecule has 1 N–H and O–H groups in total. The van der Waals surface area contributed by atoms with Crippen LogP contribution in [0.5, 0.6) is 11.5 Å². The second-order valence-electron chi connectivity index (χ2n) is 7.27. The second-order valence-corrected chi connectivity index (χ2v) is 7.27. The molecule has 0 aliphatic rings. The van der Waals surface area contributed by atoms with Crippen molar-refractivity contribution in [2.75, 3.05) is 13.2 Å². The number of nitrogens with one attached hydrogen (secondary N) is 1. The normalized spacial score (nSPS) is 11.0. The van der Waals surface area contributed by atoms with Crippen LogP contribution in [-0.2, 0) is 0 Å². The number of ether oxygens (including phenoxy) is 2. The summed E-state index contributed by atoms with van der Waals surface area (Å²) in [6, 6.07) is 19.1. The summed E-state index contributed by atoms with van der Waals surface area (Å²) >= 11 is 0. The molecule has 5 heteroatoms. The van der Waals surface area contributed by atoms with Gasteiger partial charge >= 0.3 is 0 Å². The van der Waals surface area contributed by atoms with Gasteiger partial charge in [-0.25, -0.2) is 5.43 Å². The van der Waals surface area contributed by atoms with E-state index in [0.29, 0.717) is 24.5 Å². The Morgan fingerprint density at radius 2 is 1.77 bits per heavy atom. The number of rotatable bonds is 11. The molecule has 1 amide bonds. The molecule has 3 aromatic carbocycles. The SMILES string of the molecule is CCCCCCOc1ccc(C=NNC(=O)c2cccc3ccccc23)cc1OCC. The van der Waals surface area contributed by atoms with Crippen LogP contribution in [0.4, 0.5) is 0 Å². The van der Waals surface area contributed by atoms with Crippen LogP contribution < -0.4 is 14.9 Å². The molecular weight excluding hydrogens is 388 g/mol. The van der Waals surface area contributed by atoms with Crippen molar-refractivity contribution in [1.82, 2.24) is 5.43 Å². The highest BCUT2D eigenvalue weighted by Gasteiger charge is 2.09. The molecule has 0 spiro atoms. The van der Waals surface area contributed by atoms with Crippen molar-refractivity contribution in [3.8, 4) is 11.5 Å². The summed E-state index contributed by atoms with van der Waals surface area (Å²) in [6.45, 7) is 5.36. The van der Waals surface area contributed by atoms with E-state index in [9.17, 15) is 4.79 Å². The van der Waals surface area contributed by atoms with Crippen molar-refractivity contribution < 1.29 is 14.3 Å². The fraction of sp³-hybridized carbons (Fsp3) is 0.308. The molecule has 31 heavy (non-hydrogen) atoms. The standard InChI is InChI=1S/C26H30N2O3/c1-3-5-6-9-17-31-24-16-15-20(18-25(24)30-4-2)19-27-28-26(29)23-14-10-12-21-11-7-8-13-22(21)23/h7-8,10-16,18-19H,3-6,9,17H2,1-2H3,(H,28,29). The van der Waals surface area contributed by atoms with Gasteiger partial charge in [-0.15, -0.1) is 0 Å². The van der Waals surface area contributed by atoms with Gasteiger partial charge in [0.05, 0.1) is 19.4 Å². The molecule has 3 rings (SSSR count). The van der Waals surface area contributed by atoms with E-state index in [1.807, 2.05) is 61.5 Å². The van der Waals surface area contributed by atoms with Gasteiger partial charge in [0.25, 0.3) is 5.91 Å². The van der Waals surface area contributed by atoms with Crippen LogP contribution in [0.1, 0.15) is 55.5 Å². The number of carbonyl (C=O) groups is 1. The van der Waals surface area contributed by atoms with Gasteiger partial charge in [-0.05, 0) is 53.9 Å². The summed E-state index contributed by atoms with van der Waals surface area (Å²) in [6.07, 6.45) is 6.23. The molecule has 0 unspecified atom stereocenters. The summed E-state index contributed by atoms with van der Waals surface area (Å²) in [5.41, 5.74) is 4.03. The lowest BCUT2D eigenvalue weighted by Gasteiger charge is -2.12. The highest BCUT2D eigenvalue weighted by atomic mass is 16.5. The average Bonchev–Trinajstić information content (AvgIpc) is 2.80. The molecule has 0 saturated carbocycles. The summed E-state index contributed by atoms with van der Waals surface area (Å²) in [4.78, 5) is 12.6. The van der Waals surface area contributed by atoms with Crippen molar-refractivity contribution in [2.24, 2.45) is 5.10 Å². The highest BCUT2D eigenvalue weighted by molar-refractivity contribution is 6.07. The third-order valence-corrected chi connectivity index (χ3v) is 4.94. The van der Waals surface area contributed by atoms with Gasteiger partial charge in [-0.3, -0.25) is 4.79 Å². The topological polar surface area (TPSA) is 59.9 Å². The number of carbonyl (C=O) groups excluding carboxylic acids is 1. The Kier molecular flexibility index (Phi) is 8.47. The number of fused-ring (bicyclic) bond motifs is 1. The predicted octanol–water partition coefficient (Wildman–Crippen LogP) is 5.96. The Morgan fingerprint density at radius 1 is 0.935 bits per heavy atom. The third-order valence-electron chi connectivity index (χ3n) is 4.94. The van der Waals surface area contributed by atoms with Crippen LogP contribution in [0.2, 0.25) is 0 Å². The van der Waals surface area contributed by atoms with E-state index in [-0.39, 0.29) is 5.91 Å². The van der Waals surface area contributed by atoms with Crippen LogP contribution in [0.15, 0.2) is 65.8 Å². The molecular formula is C26H30N2O3. The summed E-state index contributed by atoms with van der Waals surface area (Å²) in [5, 5.41) is 6.05. The largest absolute Gasteiger partial charge is 0.490 e. The maximum atomic E-state index is 12.6. The second kappa shape index (κ2) is 11.7. The van der Waals surface area contributed by atoms with E-state index in [1.165, 1.54) is 19.3 Å². The lowest BCUT2D eigenvalue weighted by molar-refractivity contribution is 0.0957. The van der Waals surface area contributed by atoms with E-state index in [1.54, 1.807) is 12.3 Å². The van der Waals surface area contributed by atoms with Crippen LogP contribution >= 0.6 is 0 Å². The first kappa shape index (κ1) is 22.3. The van der Waals surface area contributed by atoms with Crippen molar-refractivity contribution in [3.63, 3.8) is 0 Å². The Hall–Kier alpha value is -3.34. The minimum atomic E-state index is -0.245. The Balaban J connectivity index is 1.64. The number of hydrazone groups is 1. The van der Waals surface area contributed by atoms with Crippen molar-refractivity contribution in [3.05, 3.63) is 71.8 Å². The minimum Gasteiger partial charge on any atom is -0.490 e. The van der Waals surface area contributed by atoms with Crippen LogP contribution in [0, 0.1) is 0 Å². The first-order valence-corrected chi connectivity index (χ1v) is 10.9. The summed E-state index contributed by atoms with van der Waals surface area (Å²) in [7, 11) is 0. The Bertz CT molecular complexity index is 1020. The number of nitrogens with zero attached hydrogens (tertiary/aromatic N) is 1. The molecule has 162 valence electrons. The fourth-order valence-electron chi connectivity index (χ4n) is 3.35. The van der Waals surface area contributed by atoms with Gasteiger partial charge in [0, 0.05) is 5.56 Å². The molecule has 0 fully saturated rings. The van der Waals surface area contributed by atoms with Crippen molar-refractivity contribution in [1.29, 1.82) is 0 Å². The zero-order chi connectivity index (χ0) is 21.9. The van der Waals surface area contributed by atoms with E-state index in [4.69, 9.17) is 9.47 Å². The van der Waals surface area contributed by atoms with E-state index in [0.717, 1.165) is 28.5 Å². The molecule has 3 aromatic rings. The molecule has 0 heterocycles. The number of hydrogen-bond acceptors (Lipinski definition) is 4. The zero-order valence-corrected chi connectivity index (χ0v) is 18.3. The monoisotopic (exact) mass is 418 g/mol. The lowest BCUT2D eigenvalue weighted by Crippen LogP contribution is -2.17. The third kappa shape index (κ3) is 6.32. The first-order valence-electron chi connectivity index (χ1n) is 10.9. The number of hydrogen-bond donors (Lipinski definition) is 1. The van der Waals surface area contributed by atoms with Gasteiger partial charge in [0.2, 0.25) is 0 Å². The number of benzene rings is 3. The van der Waals surface area contributed by atoms with E-state index in [2.05, 4.69) is 17.5 Å². The number of unbranched alkanes of at least 4 members (excludes halogenated alkanes) is 3. The molecule has 5 nitrogen and oxygen atoms in total. The lowest BCUT2D eigenvalue weighted by atomic mass is 10.0. The smallest absolute Gasteiger partial charge is 0.271 e. The van der Waals surface area contributed by atoms with Gasteiger partial charge in [0.1, 0.15) is 0 Å². The van der Waals surface area contributed by atoms with E-state index >= 15 is 0 Å². The summed E-state index contributed by atoms with van der Waals surface area (Å²) in [5.74, 6) is 1.17. The quantitative estimate of drug-likeness (QED) is 0.237. The van der Waals surface area contributed by atoms with Crippen LogP contribution in [0.25, 0.3) is 10.8 Å². The zero-order valence-electron chi connectivity index (χ0n) is 18.3. The first-order chi connectivity index (χ1) is 15.2.